The van der Waals surface area contributed by atoms with Gasteiger partial charge in [-0.25, -0.2) is 4.39 Å². The molecule has 0 spiro atoms. The van der Waals surface area contributed by atoms with Crippen molar-refractivity contribution in [2.45, 2.75) is 32.4 Å². The standard InChI is InChI=1S/C14H19FN2O/c1-10-3-4-11(7-13(10)15)8-16-12-5-6-14(18)17(2)9-12/h3-4,7,12,16H,5-6,8-9H2,1-2H3. The fraction of sp³-hybridized carbons (Fsp3) is 0.500. The van der Waals surface area contributed by atoms with E-state index >= 15 is 0 Å². The SMILES string of the molecule is Cc1ccc(CNC2CCC(=O)N(C)C2)cc1F. The summed E-state index contributed by atoms with van der Waals surface area (Å²) < 4.78 is 13.4. The normalized spacial score (nSPS) is 20.3. The Morgan fingerprint density at radius 1 is 1.50 bits per heavy atom. The van der Waals surface area contributed by atoms with Crippen molar-refractivity contribution in [1.29, 1.82) is 0 Å². The van der Waals surface area contributed by atoms with Gasteiger partial charge in [-0.15, -0.1) is 0 Å². The molecule has 18 heavy (non-hydrogen) atoms. The minimum absolute atomic E-state index is 0.162. The lowest BCUT2D eigenvalue weighted by Crippen LogP contribution is -2.46. The van der Waals surface area contributed by atoms with Crippen LogP contribution in [-0.2, 0) is 11.3 Å². The first kappa shape index (κ1) is 13.0. The van der Waals surface area contributed by atoms with Crippen LogP contribution in [0.1, 0.15) is 24.0 Å². The molecule has 1 aromatic rings. The highest BCUT2D eigenvalue weighted by molar-refractivity contribution is 5.76. The second kappa shape index (κ2) is 5.48. The maximum absolute atomic E-state index is 13.4. The number of carbonyl (C=O) groups excluding carboxylic acids is 1. The summed E-state index contributed by atoms with van der Waals surface area (Å²) in [6.07, 6.45) is 1.45. The third kappa shape index (κ3) is 3.07. The summed E-state index contributed by atoms with van der Waals surface area (Å²) in [5, 5.41) is 3.37. The van der Waals surface area contributed by atoms with E-state index in [1.165, 1.54) is 0 Å². The number of aryl methyl sites for hydroxylation is 1. The summed E-state index contributed by atoms with van der Waals surface area (Å²) in [6, 6.07) is 5.60. The van der Waals surface area contributed by atoms with Crippen LogP contribution >= 0.6 is 0 Å². The zero-order valence-electron chi connectivity index (χ0n) is 10.9. The lowest BCUT2D eigenvalue weighted by molar-refractivity contribution is -0.132. The maximum atomic E-state index is 13.4. The number of benzene rings is 1. The van der Waals surface area contributed by atoms with Crippen LogP contribution in [0.15, 0.2) is 18.2 Å². The van der Waals surface area contributed by atoms with E-state index in [-0.39, 0.29) is 11.7 Å². The molecule has 1 saturated heterocycles. The monoisotopic (exact) mass is 250 g/mol. The number of nitrogens with one attached hydrogen (secondary N) is 1. The average molecular weight is 250 g/mol. The second-order valence-corrected chi connectivity index (χ2v) is 4.97. The molecule has 1 fully saturated rings. The Kier molecular flexibility index (Phi) is 3.97. The molecule has 0 aliphatic carbocycles. The summed E-state index contributed by atoms with van der Waals surface area (Å²) in [4.78, 5) is 13.1. The molecule has 3 nitrogen and oxygen atoms in total. The first-order chi connectivity index (χ1) is 8.56. The minimum Gasteiger partial charge on any atom is -0.344 e. The lowest BCUT2D eigenvalue weighted by Gasteiger charge is -2.30. The molecule has 0 saturated carbocycles. The van der Waals surface area contributed by atoms with Gasteiger partial charge in [-0.1, -0.05) is 12.1 Å². The molecule has 1 unspecified atom stereocenters. The van der Waals surface area contributed by atoms with Gasteiger partial charge in [-0.05, 0) is 30.5 Å². The molecule has 1 atom stereocenters. The largest absolute Gasteiger partial charge is 0.344 e. The Morgan fingerprint density at radius 2 is 2.28 bits per heavy atom. The topological polar surface area (TPSA) is 32.3 Å². The summed E-state index contributed by atoms with van der Waals surface area (Å²) in [6.45, 7) is 3.13. The third-order valence-electron chi connectivity index (χ3n) is 3.46. The van der Waals surface area contributed by atoms with Crippen LogP contribution in [-0.4, -0.2) is 30.4 Å². The van der Waals surface area contributed by atoms with Crippen molar-refractivity contribution in [2.24, 2.45) is 0 Å². The molecule has 2 rings (SSSR count). The number of hydrogen-bond acceptors (Lipinski definition) is 2. The van der Waals surface area contributed by atoms with Crippen LogP contribution in [0.25, 0.3) is 0 Å². The van der Waals surface area contributed by atoms with Gasteiger partial charge in [0.05, 0.1) is 0 Å². The van der Waals surface area contributed by atoms with Crippen molar-refractivity contribution < 1.29 is 9.18 Å². The van der Waals surface area contributed by atoms with Gasteiger partial charge >= 0.3 is 0 Å². The molecule has 1 N–H and O–H groups in total. The molecule has 0 bridgehead atoms. The zero-order chi connectivity index (χ0) is 13.1. The number of nitrogens with zero attached hydrogens (tertiary/aromatic N) is 1. The highest BCUT2D eigenvalue weighted by Gasteiger charge is 2.22. The summed E-state index contributed by atoms with van der Waals surface area (Å²) in [7, 11) is 1.82. The van der Waals surface area contributed by atoms with Gasteiger partial charge in [0, 0.05) is 32.6 Å². The highest BCUT2D eigenvalue weighted by Crippen LogP contribution is 2.12. The average Bonchev–Trinajstić information content (AvgIpc) is 2.35. The molecule has 1 amide bonds. The number of likely N-dealkylation sites (N-methyl/N-ethyl adjacent to an activating group) is 1. The Labute approximate surface area is 107 Å². The quantitative estimate of drug-likeness (QED) is 0.888. The van der Waals surface area contributed by atoms with Crippen molar-refractivity contribution >= 4 is 5.91 Å². The number of carbonyl (C=O) groups is 1. The molecule has 0 aromatic heterocycles. The molecular weight excluding hydrogens is 231 g/mol. The van der Waals surface area contributed by atoms with E-state index in [2.05, 4.69) is 5.32 Å². The van der Waals surface area contributed by atoms with Crippen LogP contribution in [0.3, 0.4) is 0 Å². The molecule has 1 aliphatic heterocycles. The lowest BCUT2D eigenvalue weighted by atomic mass is 10.0. The Morgan fingerprint density at radius 3 is 2.94 bits per heavy atom. The summed E-state index contributed by atoms with van der Waals surface area (Å²) in [5.41, 5.74) is 1.61. The molecule has 4 heteroatoms. The first-order valence-electron chi connectivity index (χ1n) is 6.28. The molecule has 1 aromatic carbocycles. The number of rotatable bonds is 3. The highest BCUT2D eigenvalue weighted by atomic mass is 19.1. The van der Waals surface area contributed by atoms with Gasteiger partial charge in [-0.2, -0.15) is 0 Å². The first-order valence-corrected chi connectivity index (χ1v) is 6.28. The van der Waals surface area contributed by atoms with Crippen molar-refractivity contribution in [3.05, 3.63) is 35.1 Å². The number of amides is 1. The number of halogens is 1. The Balaban J connectivity index is 1.88. The fourth-order valence-electron chi connectivity index (χ4n) is 2.19. The van der Waals surface area contributed by atoms with Crippen molar-refractivity contribution in [1.82, 2.24) is 10.2 Å². The minimum atomic E-state index is -0.162. The van der Waals surface area contributed by atoms with Gasteiger partial charge in [0.2, 0.25) is 5.91 Å². The van der Waals surface area contributed by atoms with E-state index in [1.54, 1.807) is 24.0 Å². The zero-order valence-corrected chi connectivity index (χ0v) is 10.9. The smallest absolute Gasteiger partial charge is 0.222 e. The van der Waals surface area contributed by atoms with E-state index in [1.807, 2.05) is 13.1 Å². The molecule has 1 heterocycles. The molecule has 98 valence electrons. The van der Waals surface area contributed by atoms with E-state index in [4.69, 9.17) is 0 Å². The van der Waals surface area contributed by atoms with Crippen LogP contribution in [0.5, 0.6) is 0 Å². The Bertz CT molecular complexity index is 447. The van der Waals surface area contributed by atoms with Gasteiger partial charge < -0.3 is 10.2 Å². The second-order valence-electron chi connectivity index (χ2n) is 4.97. The summed E-state index contributed by atoms with van der Waals surface area (Å²) >= 11 is 0. The predicted octanol–water partition coefficient (Wildman–Crippen LogP) is 1.84. The van der Waals surface area contributed by atoms with E-state index < -0.39 is 0 Å². The molecule has 0 radical (unpaired) electrons. The van der Waals surface area contributed by atoms with Gasteiger partial charge in [-0.3, -0.25) is 4.79 Å². The van der Waals surface area contributed by atoms with Crippen LogP contribution in [0.4, 0.5) is 4.39 Å². The van der Waals surface area contributed by atoms with Crippen LogP contribution < -0.4 is 5.32 Å². The van der Waals surface area contributed by atoms with E-state index in [0.717, 1.165) is 18.5 Å². The third-order valence-corrected chi connectivity index (χ3v) is 3.46. The number of piperidine rings is 1. The number of likely N-dealkylation sites (tertiary alicyclic amines) is 1. The Hall–Kier alpha value is -1.42. The van der Waals surface area contributed by atoms with Crippen LogP contribution in [0, 0.1) is 12.7 Å². The number of hydrogen-bond donors (Lipinski definition) is 1. The van der Waals surface area contributed by atoms with Gasteiger partial charge in [0.15, 0.2) is 0 Å². The van der Waals surface area contributed by atoms with E-state index in [0.29, 0.717) is 24.6 Å². The molecular formula is C14H19FN2O. The van der Waals surface area contributed by atoms with Crippen LogP contribution in [0.2, 0.25) is 0 Å². The predicted molar refractivity (Wildman–Crippen MR) is 68.6 cm³/mol. The maximum Gasteiger partial charge on any atom is 0.222 e. The fourth-order valence-corrected chi connectivity index (χ4v) is 2.19. The van der Waals surface area contributed by atoms with Crippen molar-refractivity contribution in [3.8, 4) is 0 Å². The van der Waals surface area contributed by atoms with E-state index in [9.17, 15) is 9.18 Å². The van der Waals surface area contributed by atoms with Gasteiger partial charge in [0.1, 0.15) is 5.82 Å². The van der Waals surface area contributed by atoms with Crippen molar-refractivity contribution in [2.75, 3.05) is 13.6 Å². The summed E-state index contributed by atoms with van der Waals surface area (Å²) in [5.74, 6) is 0.0414. The molecule has 1 aliphatic rings. The van der Waals surface area contributed by atoms with Gasteiger partial charge in [0.25, 0.3) is 0 Å². The van der Waals surface area contributed by atoms with Crippen molar-refractivity contribution in [3.63, 3.8) is 0 Å².